The van der Waals surface area contributed by atoms with Gasteiger partial charge in [0.05, 0.1) is 12.7 Å². The third kappa shape index (κ3) is 4.66. The Morgan fingerprint density at radius 2 is 1.46 bits per heavy atom. The molecule has 0 spiro atoms. The summed E-state index contributed by atoms with van der Waals surface area (Å²) in [5.74, 6) is 0. The zero-order valence-electron chi connectivity index (χ0n) is 15.1. The molecule has 0 aliphatic rings. The van der Waals surface area contributed by atoms with Crippen LogP contribution in [0.25, 0.3) is 0 Å². The highest BCUT2D eigenvalue weighted by Gasteiger charge is 2.32. The van der Waals surface area contributed by atoms with Crippen LogP contribution in [0.2, 0.25) is 0 Å². The molecule has 0 heterocycles. The molecule has 1 atom stereocenters. The van der Waals surface area contributed by atoms with E-state index in [1.54, 1.807) is 0 Å². The molecular weight excluding hydrogens is 312 g/mol. The summed E-state index contributed by atoms with van der Waals surface area (Å²) in [5.41, 5.74) is 0.867. The first-order valence-corrected chi connectivity index (χ1v) is 10.1. The SMILES string of the molecule is C/C=C(/CO)C(O[SiH](c1ccccc1)c1ccccc1)C(C)(C)C. The summed E-state index contributed by atoms with van der Waals surface area (Å²) in [5, 5.41) is 12.3. The van der Waals surface area contributed by atoms with Gasteiger partial charge in [-0.05, 0) is 28.3 Å². The first kappa shape index (κ1) is 18.7. The molecule has 0 aliphatic carbocycles. The number of hydrogen-bond donors (Lipinski definition) is 1. The molecule has 1 N–H and O–H groups in total. The van der Waals surface area contributed by atoms with Gasteiger partial charge in [0.15, 0.2) is 0 Å². The van der Waals surface area contributed by atoms with E-state index in [-0.39, 0.29) is 18.1 Å². The van der Waals surface area contributed by atoms with Crippen molar-refractivity contribution in [1.82, 2.24) is 0 Å². The molecule has 2 aromatic carbocycles. The number of benzene rings is 2. The lowest BCUT2D eigenvalue weighted by Crippen LogP contribution is -2.50. The van der Waals surface area contributed by atoms with E-state index in [4.69, 9.17) is 4.43 Å². The largest absolute Gasteiger partial charge is 0.404 e. The minimum absolute atomic E-state index is 0.0309. The number of allylic oxidation sites excluding steroid dienone is 1. The van der Waals surface area contributed by atoms with E-state index in [2.05, 4.69) is 69.3 Å². The van der Waals surface area contributed by atoms with E-state index < -0.39 is 9.04 Å². The van der Waals surface area contributed by atoms with Crippen molar-refractivity contribution in [2.45, 2.75) is 33.8 Å². The molecule has 2 nitrogen and oxygen atoms in total. The first-order chi connectivity index (χ1) is 11.5. The van der Waals surface area contributed by atoms with Crippen molar-refractivity contribution in [2.75, 3.05) is 6.61 Å². The molecule has 0 aliphatic heterocycles. The Labute approximate surface area is 147 Å². The quantitative estimate of drug-likeness (QED) is 0.647. The van der Waals surface area contributed by atoms with Crippen LogP contribution < -0.4 is 10.4 Å². The molecule has 1 unspecified atom stereocenters. The molecule has 0 fully saturated rings. The fourth-order valence-electron chi connectivity index (χ4n) is 2.91. The molecule has 0 radical (unpaired) electrons. The van der Waals surface area contributed by atoms with Crippen molar-refractivity contribution in [3.63, 3.8) is 0 Å². The van der Waals surface area contributed by atoms with E-state index in [0.29, 0.717) is 0 Å². The summed E-state index contributed by atoms with van der Waals surface area (Å²) < 4.78 is 6.74. The summed E-state index contributed by atoms with van der Waals surface area (Å²) in [6.07, 6.45) is 1.88. The smallest absolute Gasteiger partial charge is 0.240 e. The van der Waals surface area contributed by atoms with Crippen LogP contribution in [0.3, 0.4) is 0 Å². The Bertz CT molecular complexity index is 605. The minimum Gasteiger partial charge on any atom is -0.404 e. The van der Waals surface area contributed by atoms with Crippen molar-refractivity contribution in [3.05, 3.63) is 72.3 Å². The molecule has 0 bridgehead atoms. The fourth-order valence-corrected chi connectivity index (χ4v) is 5.61. The predicted molar refractivity (Wildman–Crippen MR) is 104 cm³/mol. The first-order valence-electron chi connectivity index (χ1n) is 8.48. The van der Waals surface area contributed by atoms with Crippen LogP contribution in [0.15, 0.2) is 72.3 Å². The van der Waals surface area contributed by atoms with Crippen molar-refractivity contribution in [1.29, 1.82) is 0 Å². The number of hydrogen-bond acceptors (Lipinski definition) is 2. The highest BCUT2D eigenvalue weighted by atomic mass is 28.3. The second kappa shape index (κ2) is 8.43. The van der Waals surface area contributed by atoms with Gasteiger partial charge in [-0.3, -0.25) is 0 Å². The molecule has 0 saturated carbocycles. The Kier molecular flexibility index (Phi) is 6.55. The molecule has 0 saturated heterocycles. The van der Waals surface area contributed by atoms with Crippen molar-refractivity contribution in [2.24, 2.45) is 5.41 Å². The monoisotopic (exact) mass is 340 g/mol. The highest BCUT2D eigenvalue weighted by Crippen LogP contribution is 2.28. The molecule has 2 rings (SSSR count). The van der Waals surface area contributed by atoms with Gasteiger partial charge in [-0.2, -0.15) is 0 Å². The van der Waals surface area contributed by atoms with Gasteiger partial charge in [0.2, 0.25) is 9.04 Å². The van der Waals surface area contributed by atoms with Gasteiger partial charge in [0.25, 0.3) is 0 Å². The molecule has 2 aromatic rings. The average molecular weight is 341 g/mol. The maximum atomic E-state index is 9.78. The Morgan fingerprint density at radius 1 is 1.00 bits per heavy atom. The van der Waals surface area contributed by atoms with Gasteiger partial charge in [0.1, 0.15) is 0 Å². The topological polar surface area (TPSA) is 29.5 Å². The summed E-state index contributed by atoms with van der Waals surface area (Å²) >= 11 is 0. The summed E-state index contributed by atoms with van der Waals surface area (Å²) in [6.45, 7) is 8.49. The van der Waals surface area contributed by atoms with Crippen LogP contribution in [0, 0.1) is 5.41 Å². The van der Waals surface area contributed by atoms with E-state index in [1.807, 2.05) is 25.1 Å². The summed E-state index contributed by atoms with van der Waals surface area (Å²) in [7, 11) is -1.84. The number of aliphatic hydroxyl groups excluding tert-OH is 1. The van der Waals surface area contributed by atoms with Crippen molar-refractivity contribution in [3.8, 4) is 0 Å². The zero-order chi connectivity index (χ0) is 17.6. The summed E-state index contributed by atoms with van der Waals surface area (Å²) in [6, 6.07) is 20.9. The Hall–Kier alpha value is -1.68. The Balaban J connectivity index is 2.44. The van der Waals surface area contributed by atoms with Gasteiger partial charge in [-0.25, -0.2) is 0 Å². The Morgan fingerprint density at radius 3 is 1.79 bits per heavy atom. The molecule has 3 heteroatoms. The lowest BCUT2D eigenvalue weighted by Gasteiger charge is -2.35. The second-order valence-electron chi connectivity index (χ2n) is 7.11. The predicted octanol–water partition coefficient (Wildman–Crippen LogP) is 2.89. The third-order valence-electron chi connectivity index (χ3n) is 4.15. The van der Waals surface area contributed by atoms with Crippen molar-refractivity contribution >= 4 is 19.4 Å². The van der Waals surface area contributed by atoms with Crippen LogP contribution in [-0.2, 0) is 4.43 Å². The van der Waals surface area contributed by atoms with Gasteiger partial charge >= 0.3 is 0 Å². The van der Waals surface area contributed by atoms with Crippen LogP contribution in [0.1, 0.15) is 27.7 Å². The van der Waals surface area contributed by atoms with Crippen molar-refractivity contribution < 1.29 is 9.53 Å². The van der Waals surface area contributed by atoms with Gasteiger partial charge in [0, 0.05) is 0 Å². The molecule has 0 amide bonds. The average Bonchev–Trinajstić information content (AvgIpc) is 2.59. The fraction of sp³-hybridized carbons (Fsp3) is 0.333. The lowest BCUT2D eigenvalue weighted by atomic mass is 9.84. The van der Waals surface area contributed by atoms with Crippen LogP contribution in [0.5, 0.6) is 0 Å². The van der Waals surface area contributed by atoms with Crippen LogP contribution in [0.4, 0.5) is 0 Å². The highest BCUT2D eigenvalue weighted by molar-refractivity contribution is 6.80. The van der Waals surface area contributed by atoms with E-state index in [0.717, 1.165) is 5.57 Å². The van der Waals surface area contributed by atoms with E-state index in [1.165, 1.54) is 10.4 Å². The van der Waals surface area contributed by atoms with E-state index >= 15 is 0 Å². The molecule has 128 valence electrons. The maximum Gasteiger partial charge on any atom is 0.240 e. The standard InChI is InChI=1S/C21H28O2Si/c1-5-17(16-22)20(21(2,3)4)23-24(18-12-8-6-9-13-18)19-14-10-7-11-15-19/h5-15,20,22,24H,16H2,1-4H3/b17-5-. The van der Waals surface area contributed by atoms with Gasteiger partial charge in [-0.1, -0.05) is 87.5 Å². The molecule has 24 heavy (non-hydrogen) atoms. The number of rotatable bonds is 6. The lowest BCUT2D eigenvalue weighted by molar-refractivity contribution is 0.108. The number of aliphatic hydroxyl groups is 1. The van der Waals surface area contributed by atoms with Gasteiger partial charge < -0.3 is 9.53 Å². The molecule has 0 aromatic heterocycles. The molecular formula is C21H28O2Si. The minimum atomic E-state index is -1.84. The second-order valence-corrected chi connectivity index (χ2v) is 9.47. The van der Waals surface area contributed by atoms with Gasteiger partial charge in [-0.15, -0.1) is 0 Å². The van der Waals surface area contributed by atoms with Crippen LogP contribution in [-0.4, -0.2) is 26.9 Å². The third-order valence-corrected chi connectivity index (χ3v) is 6.68. The maximum absolute atomic E-state index is 9.78. The van der Waals surface area contributed by atoms with Crippen LogP contribution >= 0.6 is 0 Å². The normalized spacial score (nSPS) is 14.0. The zero-order valence-corrected chi connectivity index (χ0v) is 16.2. The summed E-state index contributed by atoms with van der Waals surface area (Å²) in [4.78, 5) is 0. The van der Waals surface area contributed by atoms with E-state index in [9.17, 15) is 5.11 Å².